The van der Waals surface area contributed by atoms with E-state index >= 15 is 0 Å². The van der Waals surface area contributed by atoms with E-state index in [-0.39, 0.29) is 3.43 Å². The molecule has 0 unspecified atom stereocenters. The van der Waals surface area contributed by atoms with Gasteiger partial charge in [-0.2, -0.15) is 0 Å². The van der Waals surface area contributed by atoms with Crippen LogP contribution >= 0.6 is 17.8 Å². The Morgan fingerprint density at radius 3 is 1.85 bits per heavy atom. The Morgan fingerprint density at radius 1 is 1.00 bits per heavy atom. The third kappa shape index (κ3) is 2.54. The SMILES string of the molecule is C[C](C)(C)[Sn]([Cl])([Cl])[c]1ccccc1. The molecule has 0 saturated heterocycles. The van der Waals surface area contributed by atoms with Crippen molar-refractivity contribution >= 4 is 37.5 Å². The Bertz CT molecular complexity index is 275. The van der Waals surface area contributed by atoms with Crippen LogP contribution in [-0.2, 0) is 0 Å². The van der Waals surface area contributed by atoms with Crippen LogP contribution in [0.2, 0.25) is 3.43 Å². The molecule has 0 nitrogen and oxygen atoms in total. The molecule has 0 aromatic heterocycles. The maximum atomic E-state index is 6.51. The minimum atomic E-state index is -3.11. The van der Waals surface area contributed by atoms with Crippen LogP contribution in [0.1, 0.15) is 20.8 Å². The fourth-order valence-corrected chi connectivity index (χ4v) is 6.99. The molecule has 3 heteroatoms. The zero-order valence-electron chi connectivity index (χ0n) is 8.14. The predicted molar refractivity (Wildman–Crippen MR) is 63.3 cm³/mol. The van der Waals surface area contributed by atoms with Crippen molar-refractivity contribution < 1.29 is 0 Å². The Labute approximate surface area is 91.6 Å². The van der Waals surface area contributed by atoms with Crippen molar-refractivity contribution in [2.45, 2.75) is 24.2 Å². The predicted octanol–water partition coefficient (Wildman–Crippen LogP) is 3.61. The molecule has 1 aromatic carbocycles. The van der Waals surface area contributed by atoms with Crippen LogP contribution in [0.4, 0.5) is 0 Å². The van der Waals surface area contributed by atoms with E-state index in [1.807, 2.05) is 30.3 Å². The van der Waals surface area contributed by atoms with E-state index < -0.39 is 16.1 Å². The fraction of sp³-hybridized carbons (Fsp3) is 0.400. The molecule has 0 aliphatic heterocycles. The summed E-state index contributed by atoms with van der Waals surface area (Å²) in [6.45, 7) is 6.36. The summed E-state index contributed by atoms with van der Waals surface area (Å²) in [5.74, 6) is 0. The van der Waals surface area contributed by atoms with Crippen LogP contribution in [-0.4, -0.2) is 16.1 Å². The van der Waals surface area contributed by atoms with Crippen LogP contribution in [0.25, 0.3) is 0 Å². The molecule has 0 atom stereocenters. The quantitative estimate of drug-likeness (QED) is 0.693. The van der Waals surface area contributed by atoms with E-state index in [0.29, 0.717) is 0 Å². The van der Waals surface area contributed by atoms with Gasteiger partial charge in [0.05, 0.1) is 0 Å². The van der Waals surface area contributed by atoms with Crippen molar-refractivity contribution in [2.75, 3.05) is 0 Å². The van der Waals surface area contributed by atoms with Gasteiger partial charge in [0, 0.05) is 0 Å². The van der Waals surface area contributed by atoms with Gasteiger partial charge in [0.2, 0.25) is 0 Å². The van der Waals surface area contributed by atoms with Crippen LogP contribution in [0.3, 0.4) is 0 Å². The first kappa shape index (κ1) is 11.7. The molecule has 0 heterocycles. The molecule has 0 saturated carbocycles. The molecule has 0 amide bonds. The van der Waals surface area contributed by atoms with Crippen molar-refractivity contribution in [2.24, 2.45) is 0 Å². The fourth-order valence-electron chi connectivity index (χ4n) is 1.08. The molecular formula is C10H14Cl2Sn. The summed E-state index contributed by atoms with van der Waals surface area (Å²) >= 11 is -3.11. The first-order valence-electron chi connectivity index (χ1n) is 4.29. The Balaban J connectivity index is 3.08. The van der Waals surface area contributed by atoms with E-state index in [4.69, 9.17) is 17.8 Å². The standard InChI is InChI=1S/C6H5.C4H9.2ClH.Sn/c1-2-4-6-5-3-1;1-4(2)3;;;/h1-5H;1-3H3;2*1H;/q;;;;+2/p-2. The zero-order chi connectivity index (χ0) is 10.1. The third-order valence-electron chi connectivity index (χ3n) is 2.08. The van der Waals surface area contributed by atoms with Gasteiger partial charge in [0.1, 0.15) is 0 Å². The van der Waals surface area contributed by atoms with Gasteiger partial charge in [-0.1, -0.05) is 0 Å². The average molecular weight is 324 g/mol. The number of halogens is 2. The van der Waals surface area contributed by atoms with Crippen LogP contribution in [0.15, 0.2) is 30.3 Å². The van der Waals surface area contributed by atoms with E-state index in [1.54, 1.807) is 0 Å². The summed E-state index contributed by atoms with van der Waals surface area (Å²) in [7, 11) is 13.0. The van der Waals surface area contributed by atoms with E-state index in [1.165, 1.54) is 0 Å². The summed E-state index contributed by atoms with van der Waals surface area (Å²) < 4.78 is 1.20. The second-order valence-corrected chi connectivity index (χ2v) is 22.3. The van der Waals surface area contributed by atoms with Gasteiger partial charge in [0.25, 0.3) is 0 Å². The molecule has 0 spiro atoms. The number of hydrogen-bond acceptors (Lipinski definition) is 0. The molecule has 0 N–H and O–H groups in total. The van der Waals surface area contributed by atoms with Crippen molar-refractivity contribution in [1.29, 1.82) is 0 Å². The average Bonchev–Trinajstić information content (AvgIpc) is 2.04. The second kappa shape index (κ2) is 3.99. The molecule has 1 aromatic rings. The van der Waals surface area contributed by atoms with Crippen molar-refractivity contribution in [3.63, 3.8) is 0 Å². The molecule has 0 aliphatic rings. The van der Waals surface area contributed by atoms with Gasteiger partial charge >= 0.3 is 92.1 Å². The van der Waals surface area contributed by atoms with E-state index in [0.717, 1.165) is 3.58 Å². The summed E-state index contributed by atoms with van der Waals surface area (Å²) in [4.78, 5) is 0. The van der Waals surface area contributed by atoms with Crippen molar-refractivity contribution in [1.82, 2.24) is 0 Å². The molecule has 0 bridgehead atoms. The number of rotatable bonds is 1. The second-order valence-electron chi connectivity index (χ2n) is 4.19. The molecule has 72 valence electrons. The Hall–Kier alpha value is 0.599. The maximum absolute atomic E-state index is 6.51. The molecule has 1 rings (SSSR count). The zero-order valence-corrected chi connectivity index (χ0v) is 12.5. The molecular weight excluding hydrogens is 310 g/mol. The van der Waals surface area contributed by atoms with Crippen molar-refractivity contribution in [3.8, 4) is 0 Å². The van der Waals surface area contributed by atoms with Gasteiger partial charge in [-0.3, -0.25) is 0 Å². The topological polar surface area (TPSA) is 0 Å². The van der Waals surface area contributed by atoms with Crippen LogP contribution < -0.4 is 3.58 Å². The third-order valence-corrected chi connectivity index (χ3v) is 21.0. The molecule has 0 radical (unpaired) electrons. The minimum absolute atomic E-state index is 0.0408. The van der Waals surface area contributed by atoms with Gasteiger partial charge in [0.15, 0.2) is 0 Å². The van der Waals surface area contributed by atoms with Crippen molar-refractivity contribution in [3.05, 3.63) is 30.3 Å². The summed E-state index contributed by atoms with van der Waals surface area (Å²) in [5.41, 5.74) is 0. The van der Waals surface area contributed by atoms with Gasteiger partial charge in [-0.25, -0.2) is 0 Å². The number of benzene rings is 1. The van der Waals surface area contributed by atoms with Gasteiger partial charge in [-0.15, -0.1) is 0 Å². The summed E-state index contributed by atoms with van der Waals surface area (Å²) in [5, 5.41) is 0. The molecule has 0 fully saturated rings. The van der Waals surface area contributed by atoms with Crippen LogP contribution in [0.5, 0.6) is 0 Å². The molecule has 13 heavy (non-hydrogen) atoms. The first-order chi connectivity index (χ1) is 5.86. The van der Waals surface area contributed by atoms with E-state index in [9.17, 15) is 0 Å². The Kier molecular flexibility index (Phi) is 3.59. The van der Waals surface area contributed by atoms with Gasteiger partial charge < -0.3 is 0 Å². The van der Waals surface area contributed by atoms with Crippen LogP contribution in [0, 0.1) is 0 Å². The Morgan fingerprint density at radius 2 is 1.46 bits per heavy atom. The normalized spacial score (nSPS) is 13.0. The first-order valence-corrected chi connectivity index (χ1v) is 14.4. The monoisotopic (exact) mass is 324 g/mol. The molecule has 0 aliphatic carbocycles. The summed E-state index contributed by atoms with van der Waals surface area (Å²) in [6, 6.07) is 10.1. The van der Waals surface area contributed by atoms with E-state index in [2.05, 4.69) is 20.8 Å². The number of hydrogen-bond donors (Lipinski definition) is 0. The summed E-state index contributed by atoms with van der Waals surface area (Å²) in [6.07, 6.45) is 0. The van der Waals surface area contributed by atoms with Gasteiger partial charge in [-0.05, 0) is 0 Å².